The zero-order valence-electron chi connectivity index (χ0n) is 15.8. The van der Waals surface area contributed by atoms with Gasteiger partial charge >= 0.3 is 5.97 Å². The van der Waals surface area contributed by atoms with E-state index in [0.29, 0.717) is 12.6 Å². The Kier molecular flexibility index (Phi) is 8.20. The van der Waals surface area contributed by atoms with Crippen molar-refractivity contribution in [1.29, 1.82) is 0 Å². The number of carbonyl (C=O) groups is 1. The van der Waals surface area contributed by atoms with Gasteiger partial charge in [0.05, 0.1) is 25.7 Å². The summed E-state index contributed by atoms with van der Waals surface area (Å²) in [7, 11) is 4.54. The van der Waals surface area contributed by atoms with Crippen LogP contribution in [0.2, 0.25) is 0 Å². The first-order valence-electron chi connectivity index (χ1n) is 8.89. The van der Waals surface area contributed by atoms with Gasteiger partial charge < -0.3 is 33.2 Å². The number of quaternary nitrogens is 1. The van der Waals surface area contributed by atoms with E-state index in [1.807, 2.05) is 26.0 Å². The lowest BCUT2D eigenvalue weighted by atomic mass is 9.93. The van der Waals surface area contributed by atoms with Crippen molar-refractivity contribution >= 4 is 5.97 Å². The number of esters is 1. The largest absolute Gasteiger partial charge is 1.00 e. The fraction of sp³-hybridized carbons (Fsp3) is 0.650. The van der Waals surface area contributed by atoms with Crippen molar-refractivity contribution in [2.45, 2.75) is 58.9 Å². The predicted octanol–water partition coefficient (Wildman–Crippen LogP) is 1.18. The van der Waals surface area contributed by atoms with Crippen LogP contribution in [0.3, 0.4) is 0 Å². The van der Waals surface area contributed by atoms with Gasteiger partial charge in [0.25, 0.3) is 0 Å². The molecule has 0 radical (unpaired) electrons. The molecule has 0 heterocycles. The van der Waals surface area contributed by atoms with Crippen LogP contribution in [0.15, 0.2) is 12.1 Å². The molecule has 0 aromatic heterocycles. The van der Waals surface area contributed by atoms with E-state index in [2.05, 4.69) is 21.0 Å². The number of ether oxygens (including phenoxy) is 1. The third-order valence-electron chi connectivity index (χ3n) is 5.35. The number of benzene rings is 1. The van der Waals surface area contributed by atoms with Crippen molar-refractivity contribution < 1.29 is 38.0 Å². The molecule has 136 valence electrons. The zero-order valence-corrected chi connectivity index (χ0v) is 18.0. The van der Waals surface area contributed by atoms with Crippen LogP contribution in [0.25, 0.3) is 0 Å². The second-order valence-electron chi connectivity index (χ2n) is 7.70. The molecule has 3 nitrogen and oxygen atoms in total. The molecule has 1 fully saturated rings. The first-order valence-corrected chi connectivity index (χ1v) is 8.89. The second kappa shape index (κ2) is 9.18. The van der Waals surface area contributed by atoms with Crippen LogP contribution in [0, 0.1) is 20.8 Å². The van der Waals surface area contributed by atoms with E-state index in [1.165, 1.54) is 37.7 Å². The van der Waals surface area contributed by atoms with Crippen LogP contribution >= 0.6 is 0 Å². The fourth-order valence-corrected chi connectivity index (χ4v) is 3.91. The van der Waals surface area contributed by atoms with Crippen molar-refractivity contribution in [3.05, 3.63) is 34.4 Å². The van der Waals surface area contributed by atoms with E-state index in [9.17, 15) is 4.79 Å². The Morgan fingerprint density at radius 1 is 1.08 bits per heavy atom. The number of halogens is 1. The highest BCUT2D eigenvalue weighted by atomic mass is 127. The Morgan fingerprint density at radius 3 is 2.17 bits per heavy atom. The highest BCUT2D eigenvalue weighted by Gasteiger charge is 2.29. The molecule has 0 bridgehead atoms. The summed E-state index contributed by atoms with van der Waals surface area (Å²) >= 11 is 0. The summed E-state index contributed by atoms with van der Waals surface area (Å²) in [5.41, 5.74) is 3.94. The maximum absolute atomic E-state index is 12.4. The predicted molar refractivity (Wildman–Crippen MR) is 94.8 cm³/mol. The van der Waals surface area contributed by atoms with Gasteiger partial charge in [0, 0.05) is 0 Å². The number of likely N-dealkylation sites (N-methyl/N-ethyl adjacent to an activating group) is 1. The van der Waals surface area contributed by atoms with Crippen molar-refractivity contribution in [2.24, 2.45) is 0 Å². The minimum Gasteiger partial charge on any atom is -1.00 e. The van der Waals surface area contributed by atoms with Gasteiger partial charge in [-0.3, -0.25) is 0 Å². The summed E-state index contributed by atoms with van der Waals surface area (Å²) in [4.78, 5) is 12.4. The fourth-order valence-electron chi connectivity index (χ4n) is 3.91. The monoisotopic (exact) mass is 445 g/mol. The van der Waals surface area contributed by atoms with E-state index in [1.54, 1.807) is 0 Å². The van der Waals surface area contributed by atoms with Gasteiger partial charge in [-0.1, -0.05) is 24.1 Å². The first kappa shape index (κ1) is 21.4. The van der Waals surface area contributed by atoms with Gasteiger partial charge in [-0.2, -0.15) is 0 Å². The van der Waals surface area contributed by atoms with E-state index in [4.69, 9.17) is 4.74 Å². The molecule has 0 saturated heterocycles. The molecule has 1 aliphatic rings. The molecule has 0 N–H and O–H groups in total. The quantitative estimate of drug-likeness (QED) is 0.387. The average molecular weight is 445 g/mol. The maximum Gasteiger partial charge on any atom is 0.338 e. The topological polar surface area (TPSA) is 26.3 Å². The van der Waals surface area contributed by atoms with Crippen LogP contribution in [-0.2, 0) is 4.74 Å². The van der Waals surface area contributed by atoms with Crippen LogP contribution in [0.5, 0.6) is 0 Å². The minimum absolute atomic E-state index is 0. The highest BCUT2D eigenvalue weighted by molar-refractivity contribution is 5.92. The minimum atomic E-state index is -0.177. The molecule has 24 heavy (non-hydrogen) atoms. The van der Waals surface area contributed by atoms with Crippen molar-refractivity contribution in [2.75, 3.05) is 27.2 Å². The molecule has 1 saturated carbocycles. The molecular weight excluding hydrogens is 413 g/mol. The van der Waals surface area contributed by atoms with Crippen LogP contribution in [0.4, 0.5) is 0 Å². The number of hydrogen-bond donors (Lipinski definition) is 0. The summed E-state index contributed by atoms with van der Waals surface area (Å²) in [5, 5.41) is 0. The zero-order chi connectivity index (χ0) is 17.0. The molecule has 0 amide bonds. The molecule has 4 heteroatoms. The third-order valence-corrected chi connectivity index (χ3v) is 5.35. The smallest absolute Gasteiger partial charge is 0.338 e. The molecule has 1 aromatic rings. The molecule has 0 aliphatic heterocycles. The van der Waals surface area contributed by atoms with Gasteiger partial charge in [0.1, 0.15) is 13.2 Å². The first-order chi connectivity index (χ1) is 10.8. The van der Waals surface area contributed by atoms with Crippen molar-refractivity contribution in [3.8, 4) is 0 Å². The maximum atomic E-state index is 12.4. The van der Waals surface area contributed by atoms with Crippen molar-refractivity contribution in [3.63, 3.8) is 0 Å². The van der Waals surface area contributed by atoms with E-state index in [-0.39, 0.29) is 29.9 Å². The lowest BCUT2D eigenvalue weighted by Gasteiger charge is -2.40. The number of carbonyl (C=O) groups excluding carboxylic acids is 1. The summed E-state index contributed by atoms with van der Waals surface area (Å²) in [6.45, 7) is 7.41. The van der Waals surface area contributed by atoms with Gasteiger partial charge in [-0.15, -0.1) is 0 Å². The van der Waals surface area contributed by atoms with Gasteiger partial charge in [-0.25, -0.2) is 4.79 Å². The van der Waals surface area contributed by atoms with Gasteiger partial charge in [0.15, 0.2) is 0 Å². The number of hydrogen-bond acceptors (Lipinski definition) is 2. The molecule has 0 unspecified atom stereocenters. The lowest BCUT2D eigenvalue weighted by Crippen LogP contribution is -3.00. The molecule has 2 rings (SSSR count). The second-order valence-corrected chi connectivity index (χ2v) is 7.70. The SMILES string of the molecule is Cc1cc(C)c(C(=O)OCC[N+](C)(C)C2CCCCC2)c(C)c1.[I-]. The van der Waals surface area contributed by atoms with Crippen LogP contribution < -0.4 is 24.0 Å². The molecule has 0 atom stereocenters. The summed E-state index contributed by atoms with van der Waals surface area (Å²) in [5.74, 6) is -0.177. The third kappa shape index (κ3) is 5.45. The van der Waals surface area contributed by atoms with E-state index < -0.39 is 0 Å². The van der Waals surface area contributed by atoms with E-state index in [0.717, 1.165) is 27.7 Å². The van der Waals surface area contributed by atoms with E-state index >= 15 is 0 Å². The summed E-state index contributed by atoms with van der Waals surface area (Å²) in [6, 6.07) is 4.81. The lowest BCUT2D eigenvalue weighted by molar-refractivity contribution is -0.916. The van der Waals surface area contributed by atoms with Gasteiger partial charge in [-0.05, 0) is 57.6 Å². The molecule has 1 aliphatic carbocycles. The Balaban J connectivity index is 0.00000288. The number of nitrogens with zero attached hydrogens (tertiary/aromatic N) is 1. The Morgan fingerprint density at radius 2 is 1.62 bits per heavy atom. The summed E-state index contributed by atoms with van der Waals surface area (Å²) < 4.78 is 6.56. The standard InChI is InChI=1S/C20H32NO2.HI/c1-15-13-16(2)19(17(3)14-15)20(22)23-12-11-21(4,5)18-9-7-6-8-10-18;/h13-14,18H,6-12H2,1-5H3;1H/q+1;/p-1. The number of rotatable bonds is 5. The van der Waals surface area contributed by atoms with Gasteiger partial charge in [0.2, 0.25) is 0 Å². The van der Waals surface area contributed by atoms with Crippen LogP contribution in [0.1, 0.15) is 59.2 Å². The van der Waals surface area contributed by atoms with Crippen LogP contribution in [-0.4, -0.2) is 43.7 Å². The van der Waals surface area contributed by atoms with Crippen molar-refractivity contribution in [1.82, 2.24) is 0 Å². The normalized spacial score (nSPS) is 15.7. The average Bonchev–Trinajstić information content (AvgIpc) is 2.47. The Hall–Kier alpha value is -0.620. The molecule has 0 spiro atoms. The molecular formula is C20H32INO2. The Bertz CT molecular complexity index is 540. The molecule has 1 aromatic carbocycles. The number of aryl methyl sites for hydroxylation is 3. The Labute approximate surface area is 164 Å². The highest BCUT2D eigenvalue weighted by Crippen LogP contribution is 2.25. The summed E-state index contributed by atoms with van der Waals surface area (Å²) in [6.07, 6.45) is 6.66.